The number of amidine groups is 1. The lowest BCUT2D eigenvalue weighted by atomic mass is 10.1. The van der Waals surface area contributed by atoms with Crippen molar-refractivity contribution < 1.29 is 14.3 Å². The Morgan fingerprint density at radius 3 is 2.27 bits per heavy atom. The topological polar surface area (TPSA) is 63.5 Å². The van der Waals surface area contributed by atoms with Gasteiger partial charge in [0.2, 0.25) is 5.91 Å². The standard InChI is InChI=1S/C23H27N3O3S/c1-4-5-6-21-22(27)26(16-18-9-13-20(29-3)14-10-18)23(30-21)25-24-15-17-7-11-19(28-2)12-8-17/h7-15,21H,4-6,16H2,1-3H3/b24-15-,25-23+/t21-/m1/s1. The van der Waals surface area contributed by atoms with E-state index in [4.69, 9.17) is 9.47 Å². The lowest BCUT2D eigenvalue weighted by molar-refractivity contribution is -0.126. The summed E-state index contributed by atoms with van der Waals surface area (Å²) in [6, 6.07) is 15.3. The van der Waals surface area contributed by atoms with Gasteiger partial charge in [-0.2, -0.15) is 5.10 Å². The molecule has 158 valence electrons. The van der Waals surface area contributed by atoms with Crippen LogP contribution in [-0.4, -0.2) is 41.7 Å². The van der Waals surface area contributed by atoms with Gasteiger partial charge in [-0.1, -0.05) is 43.7 Å². The molecule has 0 N–H and O–H groups in total. The van der Waals surface area contributed by atoms with Gasteiger partial charge in [0.15, 0.2) is 5.17 Å². The summed E-state index contributed by atoms with van der Waals surface area (Å²) >= 11 is 1.50. The number of thioether (sulfide) groups is 1. The minimum atomic E-state index is -0.0989. The Labute approximate surface area is 182 Å². The SMILES string of the molecule is CCCC[C@H]1S/C(=N/N=C\c2ccc(OC)cc2)N(Cc2ccc(OC)cc2)C1=O. The second-order valence-corrected chi connectivity index (χ2v) is 8.09. The van der Waals surface area contributed by atoms with Gasteiger partial charge in [0.05, 0.1) is 32.2 Å². The zero-order valence-electron chi connectivity index (χ0n) is 17.6. The summed E-state index contributed by atoms with van der Waals surface area (Å²) in [5, 5.41) is 9.16. The minimum absolute atomic E-state index is 0.0989. The molecular weight excluding hydrogens is 398 g/mol. The summed E-state index contributed by atoms with van der Waals surface area (Å²) in [7, 11) is 3.27. The molecule has 1 atom stereocenters. The summed E-state index contributed by atoms with van der Waals surface area (Å²) in [4.78, 5) is 14.7. The van der Waals surface area contributed by atoms with Crippen LogP contribution in [0.2, 0.25) is 0 Å². The molecule has 0 unspecified atom stereocenters. The minimum Gasteiger partial charge on any atom is -0.497 e. The van der Waals surface area contributed by atoms with Crippen molar-refractivity contribution in [3.05, 3.63) is 59.7 Å². The lowest BCUT2D eigenvalue weighted by Crippen LogP contribution is -2.31. The van der Waals surface area contributed by atoms with Crippen molar-refractivity contribution in [3.8, 4) is 11.5 Å². The Morgan fingerprint density at radius 2 is 1.67 bits per heavy atom. The summed E-state index contributed by atoms with van der Waals surface area (Å²) in [5.74, 6) is 1.68. The van der Waals surface area contributed by atoms with Gasteiger partial charge in [0.25, 0.3) is 0 Å². The van der Waals surface area contributed by atoms with E-state index >= 15 is 0 Å². The van der Waals surface area contributed by atoms with Crippen molar-refractivity contribution in [1.82, 2.24) is 4.90 Å². The number of ether oxygens (including phenoxy) is 2. The predicted octanol–water partition coefficient (Wildman–Crippen LogP) is 4.73. The number of hydrogen-bond donors (Lipinski definition) is 0. The molecular formula is C23H27N3O3S. The number of hydrogen-bond acceptors (Lipinski definition) is 6. The fourth-order valence-electron chi connectivity index (χ4n) is 3.05. The van der Waals surface area contributed by atoms with E-state index in [0.717, 1.165) is 41.9 Å². The summed E-state index contributed by atoms with van der Waals surface area (Å²) < 4.78 is 10.4. The van der Waals surface area contributed by atoms with Crippen molar-refractivity contribution in [3.63, 3.8) is 0 Å². The predicted molar refractivity (Wildman–Crippen MR) is 122 cm³/mol. The third kappa shape index (κ3) is 5.63. The first kappa shape index (κ1) is 21.9. The van der Waals surface area contributed by atoms with E-state index in [1.54, 1.807) is 25.3 Å². The number of unbranched alkanes of at least 4 members (excludes halogenated alkanes) is 1. The zero-order valence-corrected chi connectivity index (χ0v) is 18.4. The quantitative estimate of drug-likeness (QED) is 0.430. The van der Waals surface area contributed by atoms with E-state index in [-0.39, 0.29) is 11.2 Å². The average Bonchev–Trinajstić information content (AvgIpc) is 3.07. The highest BCUT2D eigenvalue weighted by molar-refractivity contribution is 8.15. The fraction of sp³-hybridized carbons (Fsp3) is 0.348. The van der Waals surface area contributed by atoms with Crippen LogP contribution in [0.3, 0.4) is 0 Å². The first-order valence-electron chi connectivity index (χ1n) is 10.0. The van der Waals surface area contributed by atoms with Crippen LogP contribution in [0.5, 0.6) is 11.5 Å². The number of carbonyl (C=O) groups is 1. The molecule has 1 amide bonds. The van der Waals surface area contributed by atoms with Crippen molar-refractivity contribution in [2.45, 2.75) is 38.0 Å². The van der Waals surface area contributed by atoms with Gasteiger partial charge < -0.3 is 9.47 Å². The third-order valence-corrected chi connectivity index (χ3v) is 6.04. The van der Waals surface area contributed by atoms with E-state index in [0.29, 0.717) is 11.7 Å². The molecule has 0 bridgehead atoms. The summed E-state index contributed by atoms with van der Waals surface area (Å²) in [6.45, 7) is 2.60. The Bertz CT molecular complexity index is 895. The van der Waals surface area contributed by atoms with Crippen LogP contribution in [0.1, 0.15) is 37.3 Å². The van der Waals surface area contributed by atoms with Crippen LogP contribution in [0.25, 0.3) is 0 Å². The molecule has 0 radical (unpaired) electrons. The number of rotatable bonds is 9. The average molecular weight is 426 g/mol. The number of benzene rings is 2. The zero-order chi connectivity index (χ0) is 21.3. The van der Waals surface area contributed by atoms with Gasteiger partial charge in [-0.3, -0.25) is 9.69 Å². The van der Waals surface area contributed by atoms with Gasteiger partial charge in [-0.15, -0.1) is 5.10 Å². The molecule has 6 nitrogen and oxygen atoms in total. The maximum Gasteiger partial charge on any atom is 0.242 e. The van der Waals surface area contributed by atoms with E-state index in [9.17, 15) is 4.79 Å². The van der Waals surface area contributed by atoms with Crippen LogP contribution >= 0.6 is 11.8 Å². The first-order valence-corrected chi connectivity index (χ1v) is 10.9. The van der Waals surface area contributed by atoms with Crippen molar-refractivity contribution >= 4 is 29.1 Å². The van der Waals surface area contributed by atoms with Crippen LogP contribution in [0.15, 0.2) is 58.7 Å². The monoisotopic (exact) mass is 425 g/mol. The van der Waals surface area contributed by atoms with Crippen molar-refractivity contribution in [2.24, 2.45) is 10.2 Å². The smallest absolute Gasteiger partial charge is 0.242 e. The van der Waals surface area contributed by atoms with Crippen molar-refractivity contribution in [2.75, 3.05) is 14.2 Å². The normalized spacial score (nSPS) is 17.8. The lowest BCUT2D eigenvalue weighted by Gasteiger charge is -2.16. The van der Waals surface area contributed by atoms with E-state index in [2.05, 4.69) is 17.1 Å². The number of nitrogens with zero attached hydrogens (tertiary/aromatic N) is 3. The molecule has 7 heteroatoms. The molecule has 2 aromatic rings. The third-order valence-electron chi connectivity index (χ3n) is 4.81. The van der Waals surface area contributed by atoms with E-state index in [1.807, 2.05) is 48.5 Å². The maximum absolute atomic E-state index is 13.0. The Balaban J connectivity index is 1.77. The van der Waals surface area contributed by atoms with Crippen LogP contribution in [0, 0.1) is 0 Å². The molecule has 0 aliphatic carbocycles. The number of methoxy groups -OCH3 is 2. The molecule has 1 heterocycles. The molecule has 1 aliphatic heterocycles. The molecule has 1 saturated heterocycles. The molecule has 0 spiro atoms. The van der Waals surface area contributed by atoms with Gasteiger partial charge in [-0.05, 0) is 53.9 Å². The van der Waals surface area contributed by atoms with Gasteiger partial charge in [0, 0.05) is 0 Å². The van der Waals surface area contributed by atoms with Crippen LogP contribution in [-0.2, 0) is 11.3 Å². The largest absolute Gasteiger partial charge is 0.497 e. The Hall–Kier alpha value is -2.80. The highest BCUT2D eigenvalue weighted by atomic mass is 32.2. The van der Waals surface area contributed by atoms with E-state index in [1.165, 1.54) is 11.8 Å². The van der Waals surface area contributed by atoms with Crippen LogP contribution in [0.4, 0.5) is 0 Å². The van der Waals surface area contributed by atoms with E-state index < -0.39 is 0 Å². The summed E-state index contributed by atoms with van der Waals surface area (Å²) in [5.41, 5.74) is 1.94. The van der Waals surface area contributed by atoms with Crippen molar-refractivity contribution in [1.29, 1.82) is 0 Å². The number of carbonyl (C=O) groups excluding carboxylic acids is 1. The second kappa shape index (κ2) is 10.8. The molecule has 2 aromatic carbocycles. The highest BCUT2D eigenvalue weighted by Gasteiger charge is 2.37. The van der Waals surface area contributed by atoms with Crippen LogP contribution < -0.4 is 9.47 Å². The first-order chi connectivity index (χ1) is 14.6. The summed E-state index contributed by atoms with van der Waals surface area (Å²) in [6.07, 6.45) is 4.61. The van der Waals surface area contributed by atoms with Gasteiger partial charge in [-0.25, -0.2) is 0 Å². The molecule has 3 rings (SSSR count). The van der Waals surface area contributed by atoms with Gasteiger partial charge >= 0.3 is 0 Å². The molecule has 1 aliphatic rings. The highest BCUT2D eigenvalue weighted by Crippen LogP contribution is 2.32. The maximum atomic E-state index is 13.0. The second-order valence-electron chi connectivity index (χ2n) is 6.92. The molecule has 30 heavy (non-hydrogen) atoms. The Kier molecular flexibility index (Phi) is 7.90. The Morgan fingerprint density at radius 1 is 1.03 bits per heavy atom. The fourth-order valence-corrected chi connectivity index (χ4v) is 4.20. The molecule has 0 aromatic heterocycles. The molecule has 1 fully saturated rings. The molecule has 0 saturated carbocycles. The number of amides is 1. The van der Waals surface area contributed by atoms with Gasteiger partial charge in [0.1, 0.15) is 11.5 Å².